The Kier molecular flexibility index (Phi) is 7.16. The van der Waals surface area contributed by atoms with E-state index in [1.807, 2.05) is 17.0 Å². The van der Waals surface area contributed by atoms with Gasteiger partial charge in [0, 0.05) is 61.1 Å². The minimum atomic E-state index is -0.701. The van der Waals surface area contributed by atoms with Crippen molar-refractivity contribution in [2.24, 2.45) is 0 Å². The summed E-state index contributed by atoms with van der Waals surface area (Å²) in [4.78, 5) is 32.7. The standard InChI is InChI=1S/C27H24ClF2N5O2/c28-18-4-5-22(29)17(11-18)14-33-27(37)21-16-35(15-19-3-1-2-6-32-19)24-13-25(34-9-7-31-8-10-34)23(30)12-20(24)26(21)36/h1-6,11-13,16,31H,7-10,14-15H2,(H,33,37). The second-order valence-corrected chi connectivity index (χ2v) is 9.23. The molecule has 0 spiro atoms. The van der Waals surface area contributed by atoms with Crippen LogP contribution in [0.25, 0.3) is 10.9 Å². The zero-order valence-corrected chi connectivity index (χ0v) is 20.6. The Balaban J connectivity index is 1.57. The molecule has 4 aromatic rings. The maximum atomic E-state index is 15.2. The summed E-state index contributed by atoms with van der Waals surface area (Å²) in [5.41, 5.74) is 0.983. The highest BCUT2D eigenvalue weighted by Gasteiger charge is 2.21. The van der Waals surface area contributed by atoms with Crippen molar-refractivity contribution in [3.05, 3.63) is 105 Å². The number of amides is 1. The summed E-state index contributed by atoms with van der Waals surface area (Å²) in [6, 6.07) is 12.3. The highest BCUT2D eigenvalue weighted by atomic mass is 35.5. The lowest BCUT2D eigenvalue weighted by Crippen LogP contribution is -2.44. The number of pyridine rings is 2. The summed E-state index contributed by atoms with van der Waals surface area (Å²) in [5.74, 6) is -1.76. The van der Waals surface area contributed by atoms with Crippen LogP contribution in [-0.2, 0) is 13.1 Å². The van der Waals surface area contributed by atoms with Crippen molar-refractivity contribution in [3.63, 3.8) is 0 Å². The third-order valence-electron chi connectivity index (χ3n) is 6.36. The first-order valence-electron chi connectivity index (χ1n) is 11.8. The topological polar surface area (TPSA) is 79.3 Å². The highest BCUT2D eigenvalue weighted by Crippen LogP contribution is 2.26. The predicted octanol–water partition coefficient (Wildman–Crippen LogP) is 3.72. The average molecular weight is 524 g/mol. The van der Waals surface area contributed by atoms with E-state index in [1.165, 1.54) is 30.5 Å². The fourth-order valence-electron chi connectivity index (χ4n) is 4.46. The fourth-order valence-corrected chi connectivity index (χ4v) is 4.65. The molecule has 0 radical (unpaired) electrons. The van der Waals surface area contributed by atoms with Gasteiger partial charge in [-0.3, -0.25) is 14.6 Å². The third-order valence-corrected chi connectivity index (χ3v) is 6.59. The van der Waals surface area contributed by atoms with Gasteiger partial charge in [0.2, 0.25) is 5.43 Å². The minimum Gasteiger partial charge on any atom is -0.367 e. The zero-order chi connectivity index (χ0) is 25.9. The number of rotatable bonds is 6. The molecule has 2 N–H and O–H groups in total. The Hall–Kier alpha value is -3.82. The molecule has 2 aromatic carbocycles. The number of nitrogens with one attached hydrogen (secondary N) is 2. The Morgan fingerprint density at radius 2 is 1.89 bits per heavy atom. The molecule has 10 heteroatoms. The number of carbonyl (C=O) groups excluding carboxylic acids is 1. The average Bonchev–Trinajstić information content (AvgIpc) is 2.91. The highest BCUT2D eigenvalue weighted by molar-refractivity contribution is 6.30. The number of benzene rings is 2. The molecule has 37 heavy (non-hydrogen) atoms. The Labute approximate surface area is 216 Å². The summed E-state index contributed by atoms with van der Waals surface area (Å²) in [7, 11) is 0. The van der Waals surface area contributed by atoms with Crippen molar-refractivity contribution in [2.75, 3.05) is 31.1 Å². The van der Waals surface area contributed by atoms with Crippen LogP contribution >= 0.6 is 11.6 Å². The zero-order valence-electron chi connectivity index (χ0n) is 19.8. The van der Waals surface area contributed by atoms with E-state index in [4.69, 9.17) is 11.6 Å². The van der Waals surface area contributed by atoms with Gasteiger partial charge in [-0.05, 0) is 42.5 Å². The first kappa shape index (κ1) is 24.9. The maximum Gasteiger partial charge on any atom is 0.257 e. The van der Waals surface area contributed by atoms with Crippen LogP contribution in [-0.4, -0.2) is 41.6 Å². The van der Waals surface area contributed by atoms with Crippen LogP contribution in [0.4, 0.5) is 14.5 Å². The van der Waals surface area contributed by atoms with Gasteiger partial charge >= 0.3 is 0 Å². The van der Waals surface area contributed by atoms with E-state index in [0.29, 0.717) is 35.0 Å². The molecule has 7 nitrogen and oxygen atoms in total. The predicted molar refractivity (Wildman–Crippen MR) is 139 cm³/mol. The molecule has 0 aliphatic carbocycles. The lowest BCUT2D eigenvalue weighted by Gasteiger charge is -2.30. The number of halogens is 3. The lowest BCUT2D eigenvalue weighted by atomic mass is 10.1. The summed E-state index contributed by atoms with van der Waals surface area (Å²) in [6.07, 6.45) is 3.10. The molecule has 0 saturated carbocycles. The van der Waals surface area contributed by atoms with Crippen LogP contribution in [0.5, 0.6) is 0 Å². The molecule has 3 heterocycles. The number of piperazine rings is 1. The van der Waals surface area contributed by atoms with Crippen LogP contribution in [0.1, 0.15) is 21.6 Å². The number of carbonyl (C=O) groups is 1. The first-order chi connectivity index (χ1) is 17.9. The van der Waals surface area contributed by atoms with Gasteiger partial charge in [0.1, 0.15) is 17.2 Å². The van der Waals surface area contributed by atoms with Crippen LogP contribution in [0.3, 0.4) is 0 Å². The molecule has 1 aliphatic heterocycles. The van der Waals surface area contributed by atoms with Crippen molar-refractivity contribution < 1.29 is 13.6 Å². The fraction of sp³-hybridized carbons (Fsp3) is 0.222. The number of hydrogen-bond acceptors (Lipinski definition) is 5. The van der Waals surface area contributed by atoms with Crippen molar-refractivity contribution in [1.29, 1.82) is 0 Å². The summed E-state index contributed by atoms with van der Waals surface area (Å²) in [6.45, 7) is 2.81. The summed E-state index contributed by atoms with van der Waals surface area (Å²) >= 11 is 5.94. The number of fused-ring (bicyclic) bond motifs is 1. The maximum absolute atomic E-state index is 15.2. The Morgan fingerprint density at radius 1 is 1.08 bits per heavy atom. The molecule has 1 aliphatic rings. The largest absolute Gasteiger partial charge is 0.367 e. The van der Waals surface area contributed by atoms with Gasteiger partial charge in [0.05, 0.1) is 23.4 Å². The van der Waals surface area contributed by atoms with Crippen molar-refractivity contribution in [2.45, 2.75) is 13.1 Å². The minimum absolute atomic E-state index is 0.0777. The molecular formula is C27H24ClF2N5O2. The molecule has 0 bridgehead atoms. The number of anilines is 1. The smallest absolute Gasteiger partial charge is 0.257 e. The van der Waals surface area contributed by atoms with Gasteiger partial charge in [0.15, 0.2) is 0 Å². The van der Waals surface area contributed by atoms with E-state index in [2.05, 4.69) is 15.6 Å². The van der Waals surface area contributed by atoms with E-state index >= 15 is 4.39 Å². The van der Waals surface area contributed by atoms with E-state index in [-0.39, 0.29) is 29.6 Å². The van der Waals surface area contributed by atoms with Crippen LogP contribution in [0, 0.1) is 11.6 Å². The van der Waals surface area contributed by atoms with Gasteiger partial charge in [-0.1, -0.05) is 17.7 Å². The molecule has 0 atom stereocenters. The second kappa shape index (κ2) is 10.7. The summed E-state index contributed by atoms with van der Waals surface area (Å²) in [5, 5.41) is 6.23. The molecular weight excluding hydrogens is 500 g/mol. The van der Waals surface area contributed by atoms with Crippen LogP contribution < -0.4 is 21.0 Å². The Morgan fingerprint density at radius 3 is 2.65 bits per heavy atom. The second-order valence-electron chi connectivity index (χ2n) is 8.80. The van der Waals surface area contributed by atoms with Crippen molar-refractivity contribution >= 4 is 34.1 Å². The van der Waals surface area contributed by atoms with Gasteiger partial charge in [0.25, 0.3) is 5.91 Å². The van der Waals surface area contributed by atoms with E-state index in [0.717, 1.165) is 13.1 Å². The van der Waals surface area contributed by atoms with Gasteiger partial charge in [-0.2, -0.15) is 0 Å². The normalized spacial score (nSPS) is 13.6. The van der Waals surface area contributed by atoms with E-state index in [1.54, 1.807) is 22.9 Å². The SMILES string of the molecule is O=C(NCc1cc(Cl)ccc1F)c1cn(Cc2ccccn2)c2cc(N3CCNCC3)c(F)cc2c1=O. The molecule has 5 rings (SSSR count). The van der Waals surface area contributed by atoms with Crippen LogP contribution in [0.15, 0.2) is 65.7 Å². The van der Waals surface area contributed by atoms with Crippen molar-refractivity contribution in [1.82, 2.24) is 20.2 Å². The molecule has 1 amide bonds. The number of hydrogen-bond donors (Lipinski definition) is 2. The third kappa shape index (κ3) is 5.33. The lowest BCUT2D eigenvalue weighted by molar-refractivity contribution is 0.0949. The van der Waals surface area contributed by atoms with Crippen molar-refractivity contribution in [3.8, 4) is 0 Å². The quantitative estimate of drug-likeness (QED) is 0.403. The number of aromatic nitrogens is 2. The molecule has 1 saturated heterocycles. The van der Waals surface area contributed by atoms with Crippen LogP contribution in [0.2, 0.25) is 5.02 Å². The van der Waals surface area contributed by atoms with Gasteiger partial charge in [-0.25, -0.2) is 8.78 Å². The molecule has 0 unspecified atom stereocenters. The Bertz CT molecular complexity index is 1520. The van der Waals surface area contributed by atoms with E-state index < -0.39 is 23.0 Å². The van der Waals surface area contributed by atoms with Gasteiger partial charge < -0.3 is 20.1 Å². The molecule has 2 aromatic heterocycles. The monoisotopic (exact) mass is 523 g/mol. The summed E-state index contributed by atoms with van der Waals surface area (Å²) < 4.78 is 31.1. The number of nitrogens with zero attached hydrogens (tertiary/aromatic N) is 3. The molecule has 1 fully saturated rings. The van der Waals surface area contributed by atoms with E-state index in [9.17, 15) is 14.0 Å². The first-order valence-corrected chi connectivity index (χ1v) is 12.2. The van der Waals surface area contributed by atoms with Gasteiger partial charge in [-0.15, -0.1) is 0 Å². The molecule has 190 valence electrons.